The Balaban J connectivity index is 1.70. The zero-order chi connectivity index (χ0) is 17.8. The number of pyridine rings is 1. The normalized spacial score (nSPS) is 10.5. The molecule has 2 aromatic heterocycles. The number of nitrogens with zero attached hydrogens (tertiary/aromatic N) is 1. The van der Waals surface area contributed by atoms with E-state index < -0.39 is 0 Å². The molecule has 128 valence electrons. The summed E-state index contributed by atoms with van der Waals surface area (Å²) >= 11 is 3.39. The van der Waals surface area contributed by atoms with Crippen molar-refractivity contribution in [1.29, 1.82) is 0 Å². The van der Waals surface area contributed by atoms with Gasteiger partial charge in [0.05, 0.1) is 10.0 Å². The molecule has 1 amide bonds. The maximum atomic E-state index is 12.5. The third-order valence-electron chi connectivity index (χ3n) is 3.63. The summed E-state index contributed by atoms with van der Waals surface area (Å²) in [5.41, 5.74) is 2.13. The van der Waals surface area contributed by atoms with Crippen LogP contribution in [0.1, 0.15) is 27.4 Å². The fraction of sp³-hybridized carbons (Fsp3) is 0.158. The molecule has 25 heavy (non-hydrogen) atoms. The van der Waals surface area contributed by atoms with Crippen molar-refractivity contribution in [3.05, 3.63) is 75.9 Å². The zero-order valence-electron chi connectivity index (χ0n) is 13.9. The Labute approximate surface area is 154 Å². The third-order valence-corrected chi connectivity index (χ3v) is 4.59. The smallest absolute Gasteiger partial charge is 0.260 e. The van der Waals surface area contributed by atoms with Gasteiger partial charge in [-0.25, -0.2) is 0 Å². The first-order chi connectivity index (χ1) is 12.0. The van der Waals surface area contributed by atoms with Gasteiger partial charge in [-0.15, -0.1) is 0 Å². The Morgan fingerprint density at radius 1 is 1.24 bits per heavy atom. The lowest BCUT2D eigenvalue weighted by Crippen LogP contribution is -2.13. The molecule has 0 aliphatic rings. The fourth-order valence-corrected chi connectivity index (χ4v) is 2.96. The Kier molecular flexibility index (Phi) is 5.19. The van der Waals surface area contributed by atoms with Gasteiger partial charge in [-0.1, -0.05) is 12.1 Å². The molecule has 3 aromatic rings. The standard InChI is InChI=1S/C19H17BrN2O3/c1-12-17(18(20)13(2)25-12)19(23)22-15-6-3-7-16(9-15)24-11-14-5-4-8-21-10-14/h3-10H,11H2,1-2H3,(H,22,23). The summed E-state index contributed by atoms with van der Waals surface area (Å²) < 4.78 is 11.9. The average Bonchev–Trinajstić information content (AvgIpc) is 2.86. The number of aryl methyl sites for hydroxylation is 2. The van der Waals surface area contributed by atoms with Gasteiger partial charge in [0.15, 0.2) is 0 Å². The molecule has 2 heterocycles. The number of hydrogen-bond donors (Lipinski definition) is 1. The van der Waals surface area contributed by atoms with Crippen LogP contribution in [0.2, 0.25) is 0 Å². The lowest BCUT2D eigenvalue weighted by molar-refractivity contribution is 0.102. The highest BCUT2D eigenvalue weighted by atomic mass is 79.9. The number of anilines is 1. The molecule has 0 fully saturated rings. The van der Waals surface area contributed by atoms with Crippen LogP contribution < -0.4 is 10.1 Å². The number of hydrogen-bond acceptors (Lipinski definition) is 4. The maximum absolute atomic E-state index is 12.5. The highest BCUT2D eigenvalue weighted by Crippen LogP contribution is 2.28. The SMILES string of the molecule is Cc1oc(C)c(C(=O)Nc2cccc(OCc3cccnc3)c2)c1Br. The molecule has 0 unspecified atom stereocenters. The molecule has 0 atom stereocenters. The lowest BCUT2D eigenvalue weighted by Gasteiger charge is -2.09. The van der Waals surface area contributed by atoms with Crippen molar-refractivity contribution in [1.82, 2.24) is 4.98 Å². The van der Waals surface area contributed by atoms with Crippen molar-refractivity contribution in [2.24, 2.45) is 0 Å². The van der Waals surface area contributed by atoms with E-state index in [2.05, 4.69) is 26.2 Å². The largest absolute Gasteiger partial charge is 0.489 e. The number of rotatable bonds is 5. The van der Waals surface area contributed by atoms with E-state index in [9.17, 15) is 4.79 Å². The van der Waals surface area contributed by atoms with E-state index in [4.69, 9.17) is 9.15 Å². The Hall–Kier alpha value is -2.60. The van der Waals surface area contributed by atoms with E-state index in [1.807, 2.05) is 30.3 Å². The second-order valence-corrected chi connectivity index (χ2v) is 6.33. The minimum Gasteiger partial charge on any atom is -0.489 e. The highest BCUT2D eigenvalue weighted by molar-refractivity contribution is 9.10. The molecule has 3 rings (SSSR count). The van der Waals surface area contributed by atoms with Gasteiger partial charge in [0, 0.05) is 29.7 Å². The van der Waals surface area contributed by atoms with Crippen LogP contribution >= 0.6 is 15.9 Å². The van der Waals surface area contributed by atoms with E-state index >= 15 is 0 Å². The second kappa shape index (κ2) is 7.53. The monoisotopic (exact) mass is 400 g/mol. The molecule has 6 heteroatoms. The number of aromatic nitrogens is 1. The van der Waals surface area contributed by atoms with Crippen LogP contribution in [0.5, 0.6) is 5.75 Å². The van der Waals surface area contributed by atoms with Crippen LogP contribution in [0.3, 0.4) is 0 Å². The maximum Gasteiger partial charge on any atom is 0.260 e. The van der Waals surface area contributed by atoms with Gasteiger partial charge in [-0.3, -0.25) is 9.78 Å². The van der Waals surface area contributed by atoms with Crippen molar-refractivity contribution in [3.8, 4) is 5.75 Å². The van der Waals surface area contributed by atoms with Crippen LogP contribution in [0.15, 0.2) is 57.7 Å². The molecule has 5 nitrogen and oxygen atoms in total. The molecule has 0 saturated carbocycles. The van der Waals surface area contributed by atoms with Gasteiger partial charge < -0.3 is 14.5 Å². The Morgan fingerprint density at radius 2 is 2.08 bits per heavy atom. The predicted molar refractivity (Wildman–Crippen MR) is 98.8 cm³/mol. The van der Waals surface area contributed by atoms with Gasteiger partial charge >= 0.3 is 0 Å². The summed E-state index contributed by atoms with van der Waals surface area (Å²) in [5.74, 6) is 1.69. The summed E-state index contributed by atoms with van der Waals surface area (Å²) in [4.78, 5) is 16.6. The van der Waals surface area contributed by atoms with Crippen molar-refractivity contribution in [2.75, 3.05) is 5.32 Å². The lowest BCUT2D eigenvalue weighted by atomic mass is 10.2. The number of halogens is 1. The molecule has 0 aliphatic heterocycles. The van der Waals surface area contributed by atoms with Crippen LogP contribution in [0.4, 0.5) is 5.69 Å². The molecular weight excluding hydrogens is 384 g/mol. The first kappa shape index (κ1) is 17.2. The van der Waals surface area contributed by atoms with Crippen LogP contribution in [-0.2, 0) is 6.61 Å². The van der Waals surface area contributed by atoms with Crippen molar-refractivity contribution in [2.45, 2.75) is 20.5 Å². The van der Waals surface area contributed by atoms with E-state index in [1.165, 1.54) is 0 Å². The first-order valence-corrected chi connectivity index (χ1v) is 8.52. The van der Waals surface area contributed by atoms with Gasteiger partial charge in [-0.05, 0) is 48.0 Å². The molecule has 0 spiro atoms. The third kappa shape index (κ3) is 4.09. The molecule has 0 radical (unpaired) electrons. The average molecular weight is 401 g/mol. The minimum absolute atomic E-state index is 0.231. The Morgan fingerprint density at radius 3 is 2.76 bits per heavy atom. The van der Waals surface area contributed by atoms with Gasteiger partial charge in [0.25, 0.3) is 5.91 Å². The Bertz CT molecular complexity index is 891. The predicted octanol–water partition coefficient (Wildman–Crippen LogP) is 4.89. The molecule has 0 saturated heterocycles. The number of ether oxygens (including phenoxy) is 1. The summed E-state index contributed by atoms with van der Waals surface area (Å²) in [6.07, 6.45) is 3.48. The second-order valence-electron chi connectivity index (χ2n) is 5.54. The molecule has 0 aliphatic carbocycles. The zero-order valence-corrected chi connectivity index (χ0v) is 15.5. The van der Waals surface area contributed by atoms with E-state index in [-0.39, 0.29) is 5.91 Å². The summed E-state index contributed by atoms with van der Waals surface area (Å²) in [6, 6.07) is 11.1. The van der Waals surface area contributed by atoms with E-state index in [0.29, 0.717) is 39.6 Å². The van der Waals surface area contributed by atoms with Gasteiger partial charge in [0.2, 0.25) is 0 Å². The number of carbonyl (C=O) groups excluding carboxylic acids is 1. The highest BCUT2D eigenvalue weighted by Gasteiger charge is 2.19. The fourth-order valence-electron chi connectivity index (χ4n) is 2.42. The molecule has 1 aromatic carbocycles. The van der Waals surface area contributed by atoms with Crippen LogP contribution in [0.25, 0.3) is 0 Å². The summed E-state index contributed by atoms with van der Waals surface area (Å²) in [6.45, 7) is 3.98. The minimum atomic E-state index is -0.231. The van der Waals surface area contributed by atoms with Crippen LogP contribution in [-0.4, -0.2) is 10.9 Å². The topological polar surface area (TPSA) is 64.4 Å². The molecule has 0 bridgehead atoms. The number of amides is 1. The molecule has 1 N–H and O–H groups in total. The van der Waals surface area contributed by atoms with Crippen molar-refractivity contribution >= 4 is 27.5 Å². The molecular formula is C19H17BrN2O3. The van der Waals surface area contributed by atoms with E-state index in [1.54, 1.807) is 32.3 Å². The number of furan rings is 1. The quantitative estimate of drug-likeness (QED) is 0.662. The van der Waals surface area contributed by atoms with Gasteiger partial charge in [-0.2, -0.15) is 0 Å². The number of benzene rings is 1. The van der Waals surface area contributed by atoms with Crippen molar-refractivity contribution in [3.63, 3.8) is 0 Å². The number of nitrogens with one attached hydrogen (secondary N) is 1. The van der Waals surface area contributed by atoms with Crippen LogP contribution in [0, 0.1) is 13.8 Å². The summed E-state index contributed by atoms with van der Waals surface area (Å²) in [5, 5.41) is 2.87. The van der Waals surface area contributed by atoms with E-state index in [0.717, 1.165) is 5.56 Å². The first-order valence-electron chi connectivity index (χ1n) is 7.73. The number of carbonyl (C=O) groups is 1. The van der Waals surface area contributed by atoms with Gasteiger partial charge in [0.1, 0.15) is 23.9 Å². The van der Waals surface area contributed by atoms with Crippen molar-refractivity contribution < 1.29 is 13.9 Å². The summed E-state index contributed by atoms with van der Waals surface area (Å²) in [7, 11) is 0.